The standard InChI is InChI=1S/C26H26F2O2.C25H24F2O2.BBr3/c1-18(2)25(20-12-14-21(29-3)15-13-20)26(28)24(27)17-19-8-7-11-23(16-19)30-22-9-5-4-6-10-22;1-17(2)24(19-11-13-20(28)14-12-19)25(27)23(26)16-18-7-6-10-22(15-18)29-21-8-4-3-5-9-21;2-1(3)4/h4-16,18,25H,17H2,1-3H3;3-15,17,24,28H,16H2,1-2H3;/b26-24+;25-23+;. The van der Waals surface area contributed by atoms with E-state index in [0.717, 1.165) is 5.56 Å². The average molecular weight is 1050 g/mol. The van der Waals surface area contributed by atoms with Crippen molar-refractivity contribution in [2.45, 2.75) is 52.4 Å². The minimum atomic E-state index is -0.798. The van der Waals surface area contributed by atoms with Crippen LogP contribution in [0.2, 0.25) is 0 Å². The molecular formula is C51H50BBr3F4O4. The van der Waals surface area contributed by atoms with Gasteiger partial charge in [-0.3, -0.25) is 0 Å². The van der Waals surface area contributed by atoms with Crippen molar-refractivity contribution in [2.24, 2.45) is 11.8 Å². The minimum Gasteiger partial charge on any atom is -0.508 e. The van der Waals surface area contributed by atoms with Crippen LogP contribution in [0.1, 0.15) is 61.8 Å². The van der Waals surface area contributed by atoms with Crippen molar-refractivity contribution < 1.29 is 36.9 Å². The van der Waals surface area contributed by atoms with Crippen LogP contribution in [0.15, 0.2) is 181 Å². The number of ether oxygens (including phenoxy) is 3. The fourth-order valence-electron chi connectivity index (χ4n) is 6.69. The Bertz CT molecular complexity index is 2340. The molecular weight excluding hydrogens is 1000 g/mol. The maximum absolute atomic E-state index is 15.2. The van der Waals surface area contributed by atoms with Crippen LogP contribution in [0.5, 0.6) is 34.5 Å². The van der Waals surface area contributed by atoms with E-state index in [9.17, 15) is 13.9 Å². The van der Waals surface area contributed by atoms with Gasteiger partial charge in [0.25, 0.3) is 0 Å². The first-order chi connectivity index (χ1) is 30.1. The number of phenols is 1. The van der Waals surface area contributed by atoms with Crippen molar-refractivity contribution in [3.8, 4) is 34.5 Å². The highest BCUT2D eigenvalue weighted by Gasteiger charge is 2.26. The first kappa shape index (κ1) is 50.9. The Morgan fingerprint density at radius 2 is 0.841 bits per heavy atom. The molecule has 0 aromatic heterocycles. The molecule has 4 nitrogen and oxygen atoms in total. The summed E-state index contributed by atoms with van der Waals surface area (Å²) in [6.07, 6.45) is -0.281. The number of phenolic OH excluding ortho intramolecular Hbond substituents is 1. The van der Waals surface area contributed by atoms with Crippen LogP contribution in [-0.2, 0) is 12.8 Å². The van der Waals surface area contributed by atoms with Crippen molar-refractivity contribution >= 4 is 50.5 Å². The summed E-state index contributed by atoms with van der Waals surface area (Å²) in [5.41, 5.74) is 2.62. The summed E-state index contributed by atoms with van der Waals surface area (Å²) in [7, 11) is 1.57. The Kier molecular flexibility index (Phi) is 21.1. The van der Waals surface area contributed by atoms with Crippen LogP contribution in [-0.4, -0.2) is 15.4 Å². The van der Waals surface area contributed by atoms with Crippen LogP contribution in [0.25, 0.3) is 0 Å². The third kappa shape index (κ3) is 17.0. The second-order valence-corrected chi connectivity index (χ2v) is 21.5. The largest absolute Gasteiger partial charge is 0.508 e. The first-order valence-corrected chi connectivity index (χ1v) is 23.0. The van der Waals surface area contributed by atoms with Gasteiger partial charge in [0.05, 0.1) is 7.11 Å². The number of halogens is 7. The molecule has 0 spiro atoms. The van der Waals surface area contributed by atoms with Gasteiger partial charge < -0.3 is 19.3 Å². The molecule has 6 rings (SSSR count). The predicted molar refractivity (Wildman–Crippen MR) is 261 cm³/mol. The molecule has 0 saturated carbocycles. The summed E-state index contributed by atoms with van der Waals surface area (Å²) in [6, 6.07) is 46.0. The summed E-state index contributed by atoms with van der Waals surface area (Å²) in [5.74, 6) is -1.37. The van der Waals surface area contributed by atoms with Crippen molar-refractivity contribution in [1.82, 2.24) is 0 Å². The van der Waals surface area contributed by atoms with Gasteiger partial charge in [0, 0.05) is 24.7 Å². The normalized spacial score (nSPS) is 12.7. The zero-order valence-electron chi connectivity index (χ0n) is 35.6. The van der Waals surface area contributed by atoms with E-state index >= 15 is 8.78 Å². The van der Waals surface area contributed by atoms with Crippen LogP contribution >= 0.6 is 47.3 Å². The molecule has 6 aromatic rings. The molecule has 0 heterocycles. The van der Waals surface area contributed by atoms with Crippen LogP contribution in [0.3, 0.4) is 0 Å². The number of benzene rings is 6. The fraction of sp³-hybridized carbons (Fsp3) is 0.216. The zero-order chi connectivity index (χ0) is 45.9. The predicted octanol–water partition coefficient (Wildman–Crippen LogP) is 17.1. The zero-order valence-corrected chi connectivity index (χ0v) is 40.4. The molecule has 2 unspecified atom stereocenters. The molecule has 0 aliphatic heterocycles. The smallest absolute Gasteiger partial charge is 0.369 e. The van der Waals surface area contributed by atoms with Gasteiger partial charge in [0.15, 0.2) is 0 Å². The van der Waals surface area contributed by atoms with Gasteiger partial charge in [-0.1, -0.05) is 113 Å². The number of hydrogen-bond acceptors (Lipinski definition) is 4. The number of para-hydroxylation sites is 2. The minimum absolute atomic E-state index is 0.0938. The van der Waals surface area contributed by atoms with Crippen LogP contribution in [0.4, 0.5) is 17.6 Å². The summed E-state index contributed by atoms with van der Waals surface area (Å²) >= 11 is 9.31. The van der Waals surface area contributed by atoms with Crippen LogP contribution < -0.4 is 14.2 Å². The topological polar surface area (TPSA) is 47.9 Å². The van der Waals surface area contributed by atoms with Crippen LogP contribution in [0, 0.1) is 11.8 Å². The second-order valence-electron chi connectivity index (χ2n) is 15.0. The second kappa shape index (κ2) is 26.1. The lowest BCUT2D eigenvalue weighted by molar-refractivity contribution is 0.408. The summed E-state index contributed by atoms with van der Waals surface area (Å²) in [4.78, 5) is 0. The van der Waals surface area contributed by atoms with Gasteiger partial charge in [-0.15, -0.1) is 47.3 Å². The van der Waals surface area contributed by atoms with Crippen molar-refractivity contribution in [1.29, 1.82) is 0 Å². The number of allylic oxidation sites excluding steroid dienone is 4. The maximum Gasteiger partial charge on any atom is 0.369 e. The Balaban J connectivity index is 0.000000255. The molecule has 12 heteroatoms. The summed E-state index contributed by atoms with van der Waals surface area (Å²) in [6.45, 7) is 7.46. The van der Waals surface area contributed by atoms with Crippen molar-refractivity contribution in [3.05, 3.63) is 203 Å². The molecule has 0 radical (unpaired) electrons. The van der Waals surface area contributed by atoms with E-state index in [1.807, 2.05) is 88.4 Å². The lowest BCUT2D eigenvalue weighted by Crippen LogP contribution is -2.09. The van der Waals surface area contributed by atoms with E-state index in [-0.39, 0.29) is 33.6 Å². The molecule has 0 fully saturated rings. The van der Waals surface area contributed by atoms with E-state index in [1.165, 1.54) is 12.1 Å². The molecule has 63 heavy (non-hydrogen) atoms. The van der Waals surface area contributed by atoms with Gasteiger partial charge in [-0.05, 0) is 107 Å². The lowest BCUT2D eigenvalue weighted by atomic mass is 9.86. The Morgan fingerprint density at radius 1 is 0.492 bits per heavy atom. The van der Waals surface area contributed by atoms with E-state index in [0.29, 0.717) is 45.4 Å². The summed E-state index contributed by atoms with van der Waals surface area (Å²) < 4.78 is 76.9. The number of hydrogen-bond donors (Lipinski definition) is 1. The molecule has 0 amide bonds. The van der Waals surface area contributed by atoms with E-state index in [4.69, 9.17) is 14.2 Å². The number of aromatic hydroxyl groups is 1. The van der Waals surface area contributed by atoms with E-state index in [1.54, 1.807) is 92.0 Å². The molecule has 0 aliphatic carbocycles. The first-order valence-electron chi connectivity index (χ1n) is 20.2. The number of methoxy groups -OCH3 is 1. The fourth-order valence-corrected chi connectivity index (χ4v) is 6.69. The van der Waals surface area contributed by atoms with Gasteiger partial charge in [-0.2, -0.15) is 0 Å². The number of rotatable bonds is 15. The molecule has 330 valence electrons. The van der Waals surface area contributed by atoms with Gasteiger partial charge in [0.1, 0.15) is 57.8 Å². The molecule has 6 aromatic carbocycles. The molecule has 0 aliphatic rings. The highest BCUT2D eigenvalue weighted by molar-refractivity contribution is 9.69. The molecule has 2 atom stereocenters. The average Bonchev–Trinajstić information content (AvgIpc) is 3.25. The highest BCUT2D eigenvalue weighted by Crippen LogP contribution is 2.38. The Morgan fingerprint density at radius 3 is 1.19 bits per heavy atom. The van der Waals surface area contributed by atoms with Gasteiger partial charge >= 0.3 is 3.18 Å². The molecule has 1 N–H and O–H groups in total. The SMILES string of the molecule is BrB(Br)Br.CC(C)C(/C(F)=C(\F)Cc1cccc(Oc2ccccc2)c1)c1ccc(O)cc1.COc1ccc(C(/C(F)=C(\F)Cc2cccc(Oc3ccccc3)c2)C(C)C)cc1. The van der Waals surface area contributed by atoms with Crippen molar-refractivity contribution in [2.75, 3.05) is 7.11 Å². The maximum atomic E-state index is 15.2. The van der Waals surface area contributed by atoms with Gasteiger partial charge in [-0.25, -0.2) is 17.6 Å². The van der Waals surface area contributed by atoms with E-state index in [2.05, 4.69) is 47.3 Å². The monoisotopic (exact) mass is 1050 g/mol. The molecule has 0 saturated heterocycles. The Hall–Kier alpha value is -4.78. The quantitative estimate of drug-likeness (QED) is 0.0822. The third-order valence-corrected chi connectivity index (χ3v) is 9.60. The van der Waals surface area contributed by atoms with E-state index < -0.39 is 35.1 Å². The van der Waals surface area contributed by atoms with Crippen molar-refractivity contribution in [3.63, 3.8) is 0 Å². The summed E-state index contributed by atoms with van der Waals surface area (Å²) in [5, 5.41) is 9.46. The third-order valence-electron chi connectivity index (χ3n) is 9.60. The lowest BCUT2D eigenvalue weighted by Gasteiger charge is -2.21. The van der Waals surface area contributed by atoms with Gasteiger partial charge in [0.2, 0.25) is 0 Å². The Labute approximate surface area is 394 Å². The molecule has 0 bridgehead atoms. The highest BCUT2D eigenvalue weighted by atomic mass is 79.9.